The number of carbonyl (C=O) groups excluding carboxylic acids is 2. The van der Waals surface area contributed by atoms with Crippen molar-refractivity contribution in [2.75, 3.05) is 44.2 Å². The number of unbranched alkanes of at least 4 members (excludes halogenated alkanes) is 1. The molecule has 0 unspecified atom stereocenters. The van der Waals surface area contributed by atoms with Crippen LogP contribution in [-0.2, 0) is 9.59 Å². The first-order chi connectivity index (χ1) is 12.1. The van der Waals surface area contributed by atoms with E-state index in [1.54, 1.807) is 0 Å². The number of anilines is 1. The molecule has 2 aliphatic rings. The van der Waals surface area contributed by atoms with Crippen molar-refractivity contribution in [3.8, 4) is 0 Å². The Morgan fingerprint density at radius 3 is 2.68 bits per heavy atom. The number of benzene rings is 1. The van der Waals surface area contributed by atoms with E-state index in [2.05, 4.69) is 11.8 Å². The molecule has 0 aromatic heterocycles. The summed E-state index contributed by atoms with van der Waals surface area (Å²) in [6.45, 7) is 6.48. The van der Waals surface area contributed by atoms with Crippen molar-refractivity contribution in [3.63, 3.8) is 0 Å². The fraction of sp³-hybridized carbons (Fsp3) is 0.579. The molecule has 0 saturated carbocycles. The summed E-state index contributed by atoms with van der Waals surface area (Å²) in [4.78, 5) is 30.9. The number of rotatable bonds is 5. The molecular formula is C19H26ClN3O2. The van der Waals surface area contributed by atoms with Crippen LogP contribution in [0.1, 0.15) is 26.2 Å². The fourth-order valence-electron chi connectivity index (χ4n) is 3.62. The summed E-state index contributed by atoms with van der Waals surface area (Å²) in [5, 5.41) is 0.729. The van der Waals surface area contributed by atoms with Crippen LogP contribution < -0.4 is 4.90 Å². The minimum Gasteiger partial charge on any atom is -0.368 e. The van der Waals surface area contributed by atoms with Crippen molar-refractivity contribution in [2.45, 2.75) is 26.2 Å². The summed E-state index contributed by atoms with van der Waals surface area (Å²) in [5.41, 5.74) is 1.10. The molecule has 1 atom stereocenters. The van der Waals surface area contributed by atoms with Gasteiger partial charge < -0.3 is 14.7 Å². The van der Waals surface area contributed by atoms with E-state index in [4.69, 9.17) is 11.6 Å². The van der Waals surface area contributed by atoms with Crippen LogP contribution in [-0.4, -0.2) is 60.9 Å². The third-order valence-corrected chi connectivity index (χ3v) is 5.35. The van der Waals surface area contributed by atoms with Gasteiger partial charge in [-0.15, -0.1) is 0 Å². The molecule has 2 saturated heterocycles. The normalized spacial score (nSPS) is 21.1. The molecule has 1 aromatic carbocycles. The van der Waals surface area contributed by atoms with Crippen LogP contribution in [0.2, 0.25) is 5.02 Å². The van der Waals surface area contributed by atoms with Crippen molar-refractivity contribution >= 4 is 29.1 Å². The summed E-state index contributed by atoms with van der Waals surface area (Å²) in [5.74, 6) is 0.101. The van der Waals surface area contributed by atoms with Crippen LogP contribution in [0.3, 0.4) is 0 Å². The Morgan fingerprint density at radius 1 is 1.24 bits per heavy atom. The van der Waals surface area contributed by atoms with E-state index in [1.165, 1.54) is 0 Å². The van der Waals surface area contributed by atoms with Gasteiger partial charge in [0, 0.05) is 56.4 Å². The van der Waals surface area contributed by atoms with Gasteiger partial charge in [-0.2, -0.15) is 0 Å². The highest BCUT2D eigenvalue weighted by molar-refractivity contribution is 6.30. The highest BCUT2D eigenvalue weighted by Crippen LogP contribution is 2.24. The smallest absolute Gasteiger partial charge is 0.228 e. The molecule has 5 nitrogen and oxygen atoms in total. The standard InChI is InChI=1S/C19H26ClN3O2/c1-2-3-7-23-14-15(12-18(23)24)19(25)22-10-8-21(9-11-22)17-6-4-5-16(20)13-17/h4-6,13,15H,2-3,7-12,14H2,1H3/t15-/m1/s1. The molecule has 0 spiro atoms. The monoisotopic (exact) mass is 363 g/mol. The Kier molecular flexibility index (Phi) is 5.84. The van der Waals surface area contributed by atoms with E-state index in [0.29, 0.717) is 26.1 Å². The molecule has 25 heavy (non-hydrogen) atoms. The molecule has 2 aliphatic heterocycles. The van der Waals surface area contributed by atoms with Crippen LogP contribution in [0.15, 0.2) is 24.3 Å². The van der Waals surface area contributed by atoms with E-state index in [9.17, 15) is 9.59 Å². The summed E-state index contributed by atoms with van der Waals surface area (Å²) >= 11 is 6.06. The quantitative estimate of drug-likeness (QED) is 0.807. The van der Waals surface area contributed by atoms with Crippen molar-refractivity contribution in [3.05, 3.63) is 29.3 Å². The number of carbonyl (C=O) groups is 2. The minimum absolute atomic E-state index is 0.129. The van der Waals surface area contributed by atoms with Gasteiger partial charge in [-0.1, -0.05) is 31.0 Å². The molecule has 2 amide bonds. The number of amides is 2. The van der Waals surface area contributed by atoms with Gasteiger partial charge in [-0.05, 0) is 24.6 Å². The van der Waals surface area contributed by atoms with Gasteiger partial charge in [0.1, 0.15) is 0 Å². The summed E-state index contributed by atoms with van der Waals surface area (Å²) in [6, 6.07) is 7.82. The molecule has 0 aliphatic carbocycles. The minimum atomic E-state index is -0.165. The first-order valence-electron chi connectivity index (χ1n) is 9.15. The lowest BCUT2D eigenvalue weighted by Crippen LogP contribution is -2.50. The topological polar surface area (TPSA) is 43.9 Å². The summed E-state index contributed by atoms with van der Waals surface area (Å²) < 4.78 is 0. The van der Waals surface area contributed by atoms with Crippen LogP contribution in [0, 0.1) is 5.92 Å². The van der Waals surface area contributed by atoms with Gasteiger partial charge in [0.25, 0.3) is 0 Å². The third kappa shape index (κ3) is 4.27. The largest absolute Gasteiger partial charge is 0.368 e. The highest BCUT2D eigenvalue weighted by Gasteiger charge is 2.36. The van der Waals surface area contributed by atoms with Crippen molar-refractivity contribution in [1.29, 1.82) is 0 Å². The first-order valence-corrected chi connectivity index (χ1v) is 9.53. The highest BCUT2D eigenvalue weighted by atomic mass is 35.5. The lowest BCUT2D eigenvalue weighted by atomic mass is 10.1. The Bertz CT molecular complexity index is 629. The molecule has 3 rings (SSSR count). The zero-order chi connectivity index (χ0) is 17.8. The second-order valence-corrected chi connectivity index (χ2v) is 7.32. The van der Waals surface area contributed by atoms with Crippen LogP contribution >= 0.6 is 11.6 Å². The predicted octanol–water partition coefficient (Wildman–Crippen LogP) is 2.64. The first kappa shape index (κ1) is 18.1. The van der Waals surface area contributed by atoms with Crippen LogP contribution in [0.4, 0.5) is 5.69 Å². The summed E-state index contributed by atoms with van der Waals surface area (Å²) in [7, 11) is 0. The van der Waals surface area contributed by atoms with E-state index < -0.39 is 0 Å². The lowest BCUT2D eigenvalue weighted by molar-refractivity contribution is -0.136. The molecule has 1 aromatic rings. The molecule has 0 N–H and O–H groups in total. The van der Waals surface area contributed by atoms with E-state index in [-0.39, 0.29) is 17.7 Å². The van der Waals surface area contributed by atoms with Gasteiger partial charge in [0.05, 0.1) is 5.92 Å². The van der Waals surface area contributed by atoms with E-state index in [1.807, 2.05) is 34.1 Å². The molecular weight excluding hydrogens is 338 g/mol. The van der Waals surface area contributed by atoms with Gasteiger partial charge in [0.2, 0.25) is 11.8 Å². The second-order valence-electron chi connectivity index (χ2n) is 6.89. The Hall–Kier alpha value is -1.75. The fourth-order valence-corrected chi connectivity index (χ4v) is 3.80. The Balaban J connectivity index is 1.53. The lowest BCUT2D eigenvalue weighted by Gasteiger charge is -2.37. The van der Waals surface area contributed by atoms with Crippen molar-refractivity contribution in [2.24, 2.45) is 5.92 Å². The zero-order valence-corrected chi connectivity index (χ0v) is 15.5. The van der Waals surface area contributed by atoms with Crippen molar-refractivity contribution in [1.82, 2.24) is 9.80 Å². The maximum Gasteiger partial charge on any atom is 0.228 e. The molecule has 0 bridgehead atoms. The predicted molar refractivity (Wildman–Crippen MR) is 99.8 cm³/mol. The van der Waals surface area contributed by atoms with Crippen molar-refractivity contribution < 1.29 is 9.59 Å². The maximum atomic E-state index is 12.8. The molecule has 6 heteroatoms. The van der Waals surface area contributed by atoms with E-state index >= 15 is 0 Å². The number of piperazine rings is 1. The third-order valence-electron chi connectivity index (χ3n) is 5.11. The van der Waals surface area contributed by atoms with Crippen LogP contribution in [0.25, 0.3) is 0 Å². The SMILES string of the molecule is CCCCN1C[C@H](C(=O)N2CCN(c3cccc(Cl)c3)CC2)CC1=O. The van der Waals surface area contributed by atoms with Crippen LogP contribution in [0.5, 0.6) is 0 Å². The average Bonchev–Trinajstić information content (AvgIpc) is 3.00. The number of hydrogen-bond donors (Lipinski definition) is 0. The Morgan fingerprint density at radius 2 is 2.00 bits per heavy atom. The second kappa shape index (κ2) is 8.09. The molecule has 136 valence electrons. The van der Waals surface area contributed by atoms with Gasteiger partial charge in [-0.3, -0.25) is 9.59 Å². The number of hydrogen-bond acceptors (Lipinski definition) is 3. The maximum absolute atomic E-state index is 12.8. The van der Waals surface area contributed by atoms with Gasteiger partial charge >= 0.3 is 0 Å². The zero-order valence-electron chi connectivity index (χ0n) is 14.8. The number of likely N-dealkylation sites (tertiary alicyclic amines) is 1. The summed E-state index contributed by atoms with van der Waals surface area (Å²) in [6.07, 6.45) is 2.44. The Labute approximate surface area is 154 Å². The number of halogens is 1. The van der Waals surface area contributed by atoms with E-state index in [0.717, 1.165) is 43.2 Å². The van der Waals surface area contributed by atoms with Gasteiger partial charge in [-0.25, -0.2) is 0 Å². The molecule has 2 fully saturated rings. The van der Waals surface area contributed by atoms with Gasteiger partial charge in [0.15, 0.2) is 0 Å². The molecule has 0 radical (unpaired) electrons. The average molecular weight is 364 g/mol. The number of nitrogens with zero attached hydrogens (tertiary/aromatic N) is 3. The molecule has 2 heterocycles.